The van der Waals surface area contributed by atoms with Crippen molar-refractivity contribution < 1.29 is 22.7 Å². The highest BCUT2D eigenvalue weighted by molar-refractivity contribution is 7.17. The van der Waals surface area contributed by atoms with Gasteiger partial charge in [-0.2, -0.15) is 13.2 Å². The molecule has 1 aliphatic heterocycles. The number of hydrogen-bond donors (Lipinski definition) is 1. The Hall–Kier alpha value is -2.79. The van der Waals surface area contributed by atoms with Crippen LogP contribution in [0.2, 0.25) is 0 Å². The second kappa shape index (κ2) is 13.0. The van der Waals surface area contributed by atoms with E-state index >= 15 is 0 Å². The van der Waals surface area contributed by atoms with Gasteiger partial charge in [-0.25, -0.2) is 4.98 Å². The fraction of sp³-hybridized carbons (Fsp3) is 0.448. The van der Waals surface area contributed by atoms with E-state index in [0.29, 0.717) is 25.3 Å². The first-order chi connectivity index (χ1) is 18.7. The second-order valence-corrected chi connectivity index (χ2v) is 10.6. The predicted octanol–water partition coefficient (Wildman–Crippen LogP) is 5.99. The molecule has 0 saturated carbocycles. The number of nitrogens with zero attached hydrogens (tertiary/aromatic N) is 3. The van der Waals surface area contributed by atoms with E-state index in [0.717, 1.165) is 60.8 Å². The molecule has 2 aromatic carbocycles. The fourth-order valence-corrected chi connectivity index (χ4v) is 5.71. The van der Waals surface area contributed by atoms with Gasteiger partial charge >= 0.3 is 6.18 Å². The number of carbonyl (C=O) groups is 1. The molecule has 1 aromatic heterocycles. The third kappa shape index (κ3) is 7.45. The van der Waals surface area contributed by atoms with Gasteiger partial charge in [-0.3, -0.25) is 14.6 Å². The number of thiazole rings is 1. The molecule has 0 bridgehead atoms. The number of rotatable bonds is 10. The molecule has 0 aliphatic carbocycles. The van der Waals surface area contributed by atoms with Crippen molar-refractivity contribution >= 4 is 17.2 Å². The zero-order chi connectivity index (χ0) is 28.0. The lowest BCUT2D eigenvalue weighted by molar-refractivity contribution is -0.141. The van der Waals surface area contributed by atoms with Crippen molar-refractivity contribution in [3.05, 3.63) is 75.8 Å². The van der Waals surface area contributed by atoms with E-state index in [1.807, 2.05) is 50.2 Å². The molecule has 1 saturated heterocycles. The number of carbonyl (C=O) groups excluding carboxylic acids is 1. The Morgan fingerprint density at radius 3 is 2.54 bits per heavy atom. The lowest BCUT2D eigenvalue weighted by atomic mass is 10.0. The van der Waals surface area contributed by atoms with E-state index in [1.54, 1.807) is 19.1 Å². The number of hydrogen-bond acceptors (Lipinski definition) is 6. The number of ether oxygens (including phenoxy) is 1. The van der Waals surface area contributed by atoms with Gasteiger partial charge in [0, 0.05) is 31.7 Å². The molecule has 2 heterocycles. The number of morpholine rings is 1. The number of alkyl halides is 3. The summed E-state index contributed by atoms with van der Waals surface area (Å²) in [6.07, 6.45) is -4.75. The molecule has 1 atom stereocenters. The average molecular weight is 561 g/mol. The number of amides is 1. The van der Waals surface area contributed by atoms with Crippen molar-refractivity contribution in [3.8, 4) is 10.6 Å². The molecule has 1 N–H and O–H groups in total. The van der Waals surface area contributed by atoms with E-state index in [4.69, 9.17) is 4.74 Å². The summed E-state index contributed by atoms with van der Waals surface area (Å²) in [5.41, 5.74) is 2.25. The zero-order valence-corrected chi connectivity index (χ0v) is 23.4. The van der Waals surface area contributed by atoms with E-state index < -0.39 is 28.7 Å². The molecule has 0 radical (unpaired) electrons. The molecule has 1 fully saturated rings. The topological polar surface area (TPSA) is 57.7 Å². The minimum Gasteiger partial charge on any atom is -0.379 e. The summed E-state index contributed by atoms with van der Waals surface area (Å²) in [6.45, 7) is 11.9. The van der Waals surface area contributed by atoms with Gasteiger partial charge in [0.2, 0.25) is 0 Å². The van der Waals surface area contributed by atoms with E-state index in [1.165, 1.54) is 0 Å². The largest absolute Gasteiger partial charge is 0.435 e. The minimum atomic E-state index is -4.75. The average Bonchev–Trinajstić information content (AvgIpc) is 3.39. The first kappa shape index (κ1) is 29.2. The van der Waals surface area contributed by atoms with E-state index in [2.05, 4.69) is 20.1 Å². The number of aromatic nitrogens is 1. The van der Waals surface area contributed by atoms with Gasteiger partial charge in [-0.15, -0.1) is 11.3 Å². The highest BCUT2D eigenvalue weighted by Crippen LogP contribution is 2.39. The first-order valence-electron chi connectivity index (χ1n) is 13.3. The predicted molar refractivity (Wildman–Crippen MR) is 148 cm³/mol. The van der Waals surface area contributed by atoms with Crippen molar-refractivity contribution in [2.24, 2.45) is 0 Å². The van der Waals surface area contributed by atoms with Gasteiger partial charge in [0.25, 0.3) is 5.91 Å². The summed E-state index contributed by atoms with van der Waals surface area (Å²) in [5, 5.41) is 2.97. The molecular formula is C29H35F3N4O2S. The summed E-state index contributed by atoms with van der Waals surface area (Å²) in [7, 11) is 0. The van der Waals surface area contributed by atoms with Gasteiger partial charge in [0.15, 0.2) is 5.69 Å². The molecule has 10 heteroatoms. The van der Waals surface area contributed by atoms with Crippen LogP contribution < -0.4 is 5.32 Å². The summed E-state index contributed by atoms with van der Waals surface area (Å²) < 4.78 is 47.5. The van der Waals surface area contributed by atoms with Crippen molar-refractivity contribution in [3.63, 3.8) is 0 Å². The Kier molecular flexibility index (Phi) is 9.76. The van der Waals surface area contributed by atoms with Crippen LogP contribution in [-0.4, -0.2) is 60.1 Å². The maximum atomic E-state index is 14.0. The van der Waals surface area contributed by atoms with Crippen molar-refractivity contribution in [1.82, 2.24) is 20.1 Å². The minimum absolute atomic E-state index is 0.190. The smallest absolute Gasteiger partial charge is 0.379 e. The molecule has 39 heavy (non-hydrogen) atoms. The van der Waals surface area contributed by atoms with Crippen LogP contribution in [0.25, 0.3) is 10.6 Å². The molecular weight excluding hydrogens is 525 g/mol. The Labute approximate surface area is 231 Å². The van der Waals surface area contributed by atoms with Gasteiger partial charge in [0.1, 0.15) is 9.88 Å². The van der Waals surface area contributed by atoms with Crippen LogP contribution in [0, 0.1) is 0 Å². The van der Waals surface area contributed by atoms with Gasteiger partial charge in [0.05, 0.1) is 19.3 Å². The number of benzene rings is 2. The third-order valence-electron chi connectivity index (χ3n) is 6.95. The summed E-state index contributed by atoms with van der Waals surface area (Å²) in [4.78, 5) is 21.2. The van der Waals surface area contributed by atoms with Gasteiger partial charge < -0.3 is 10.1 Å². The van der Waals surface area contributed by atoms with E-state index in [9.17, 15) is 18.0 Å². The third-order valence-corrected chi connectivity index (χ3v) is 8.03. The monoisotopic (exact) mass is 560 g/mol. The molecule has 6 nitrogen and oxygen atoms in total. The van der Waals surface area contributed by atoms with Crippen LogP contribution in [0.15, 0.2) is 48.5 Å². The van der Waals surface area contributed by atoms with Crippen LogP contribution >= 0.6 is 11.3 Å². The van der Waals surface area contributed by atoms with Gasteiger partial charge in [-0.05, 0) is 36.7 Å². The highest BCUT2D eigenvalue weighted by atomic mass is 32.1. The lowest BCUT2D eigenvalue weighted by Gasteiger charge is -2.27. The van der Waals surface area contributed by atoms with E-state index in [-0.39, 0.29) is 5.01 Å². The quantitative estimate of drug-likeness (QED) is 0.330. The van der Waals surface area contributed by atoms with Crippen LogP contribution in [0.4, 0.5) is 13.2 Å². The zero-order valence-electron chi connectivity index (χ0n) is 22.6. The molecule has 1 unspecified atom stereocenters. The Morgan fingerprint density at radius 2 is 1.85 bits per heavy atom. The molecule has 4 rings (SSSR count). The van der Waals surface area contributed by atoms with Gasteiger partial charge in [-0.1, -0.05) is 62.4 Å². The number of nitrogens with one attached hydrogen (secondary N) is 1. The Balaban J connectivity index is 1.56. The molecule has 1 amide bonds. The highest BCUT2D eigenvalue weighted by Gasteiger charge is 2.40. The van der Waals surface area contributed by atoms with Crippen LogP contribution in [-0.2, 0) is 24.0 Å². The summed E-state index contributed by atoms with van der Waals surface area (Å²) >= 11 is 0.787. The number of halogens is 3. The SMILES string of the molecule is CCN(CC)Cc1ccccc1-c1nc(C(F)(F)F)c(C(=O)NC(C)c2cccc(CN3CCOCC3)c2)s1. The Morgan fingerprint density at radius 1 is 1.13 bits per heavy atom. The maximum Gasteiger partial charge on any atom is 0.435 e. The summed E-state index contributed by atoms with van der Waals surface area (Å²) in [5.74, 6) is -0.779. The van der Waals surface area contributed by atoms with Crippen molar-refractivity contribution in [1.29, 1.82) is 0 Å². The fourth-order valence-electron chi connectivity index (χ4n) is 4.66. The van der Waals surface area contributed by atoms with Crippen LogP contribution in [0.5, 0.6) is 0 Å². The maximum absolute atomic E-state index is 14.0. The molecule has 210 valence electrons. The van der Waals surface area contributed by atoms with Crippen molar-refractivity contribution in [2.75, 3.05) is 39.4 Å². The normalized spacial score (nSPS) is 15.5. The standard InChI is InChI=1S/C29H35F3N4O2S/c1-4-35(5-2)19-23-10-6-7-12-24(23)28-34-26(29(30,31)32)25(39-28)27(37)33-20(3)22-11-8-9-21(17-22)18-36-13-15-38-16-14-36/h6-12,17,20H,4-5,13-16,18-19H2,1-3H3,(H,33,37). The molecule has 3 aromatic rings. The first-order valence-corrected chi connectivity index (χ1v) is 14.1. The summed E-state index contributed by atoms with van der Waals surface area (Å²) in [6, 6.07) is 14.6. The van der Waals surface area contributed by atoms with Crippen LogP contribution in [0.3, 0.4) is 0 Å². The second-order valence-electron chi connectivity index (χ2n) is 9.64. The van der Waals surface area contributed by atoms with Crippen molar-refractivity contribution in [2.45, 2.75) is 46.1 Å². The lowest BCUT2D eigenvalue weighted by Crippen LogP contribution is -2.35. The molecule has 0 spiro atoms. The molecule has 1 aliphatic rings. The Bertz CT molecular complexity index is 1250. The van der Waals surface area contributed by atoms with Crippen LogP contribution in [0.1, 0.15) is 58.9 Å².